The largest absolute Gasteiger partial charge is 0.492 e. The zero-order valence-corrected chi connectivity index (χ0v) is 79.5. The summed E-state index contributed by atoms with van der Waals surface area (Å²) in [5.41, 5.74) is 14.7. The first kappa shape index (κ1) is 103. The van der Waals surface area contributed by atoms with Gasteiger partial charge < -0.3 is 90.0 Å². The van der Waals surface area contributed by atoms with Crippen molar-refractivity contribution in [2.45, 2.75) is 85.0 Å². The molecular formula is C112H110F4N10O16. The van der Waals surface area contributed by atoms with E-state index in [-0.39, 0.29) is 107 Å². The predicted molar refractivity (Wildman–Crippen MR) is 551 cm³/mol. The van der Waals surface area contributed by atoms with Gasteiger partial charge in [-0.3, -0.25) is 19.2 Å². The van der Waals surface area contributed by atoms with Crippen LogP contribution in [0.25, 0.3) is 88.1 Å². The Labute approximate surface area is 815 Å². The van der Waals surface area contributed by atoms with Crippen LogP contribution in [0.2, 0.25) is 0 Å². The standard InChI is InChI=1S/C30H31FN2O4.C28H28FN3O4.C28H27FN2O4.C26H24FN3O4/c1-3-4-5-9-16-32-26-25(31)17-23-27(29(26)37-2)33(19-24(28(23)34)30(35)36)18-20-12-14-22(15-13-20)21-10-7-6-8-11-21;1-30-13-6-14-31-24-23(29)15-21-25(27(24)36-2)32(17-22(26(21)33)28(34)35)16-18-9-11-20(12-10-18)19-7-4-3-5-8-19;1-3-4-14-30-24-23(29)15-21-25(27(24)35-2)31(17-22(26(21)32)28(33)34)16-18-10-12-20(13-11-18)19-8-6-5-7-9-19;1-34-25-22(29-12-11-28)21(27)13-19-23(25)30(15-20(24(19)31)26(32)33)14-16-7-9-18(10-8-16)17-5-3-2-4-6-17/h6-8,10-15,17,19,32H,3-5,9,16,18H2,1-2H3,(H,35,36);3-5,7-12,15,17,30-31H,6,13-14,16H2,1-2H3,(H,34,35);5-13,15,17,30H,3-4,14,16H2,1-2H3,(H,33,34);2-10,13,15,29H,11-12,14,28H2,1H3,(H,32,33). The summed E-state index contributed by atoms with van der Waals surface area (Å²) in [5, 5.41) is 53.5. The lowest BCUT2D eigenvalue weighted by Crippen LogP contribution is -2.21. The van der Waals surface area contributed by atoms with Crippen molar-refractivity contribution in [2.75, 3.05) is 96.0 Å². The van der Waals surface area contributed by atoms with Crippen molar-refractivity contribution in [3.8, 4) is 67.5 Å². The van der Waals surface area contributed by atoms with Crippen LogP contribution in [0.15, 0.2) is 287 Å². The Balaban J connectivity index is 0.000000159. The molecule has 26 nitrogen and oxygen atoms in total. The van der Waals surface area contributed by atoms with Crippen LogP contribution in [-0.4, -0.2) is 137 Å². The average Bonchev–Trinajstić information content (AvgIpc) is 0.760. The van der Waals surface area contributed by atoms with E-state index in [0.29, 0.717) is 41.7 Å². The molecule has 4 heterocycles. The van der Waals surface area contributed by atoms with Gasteiger partial charge in [0.25, 0.3) is 0 Å². The minimum Gasteiger partial charge on any atom is -0.492 e. The van der Waals surface area contributed by atoms with Crippen LogP contribution in [0.1, 0.15) is 122 Å². The van der Waals surface area contributed by atoms with E-state index in [1.54, 1.807) is 18.3 Å². The second kappa shape index (κ2) is 48.6. The van der Waals surface area contributed by atoms with Crippen LogP contribution < -0.4 is 73.0 Å². The number of unbranched alkanes of at least 4 members (excludes halogenated alkanes) is 4. The Morgan fingerprint density at radius 2 is 0.528 bits per heavy atom. The maximum atomic E-state index is 15.2. The van der Waals surface area contributed by atoms with Gasteiger partial charge in [0.05, 0.1) is 72.1 Å². The van der Waals surface area contributed by atoms with Crippen LogP contribution in [0.4, 0.5) is 40.3 Å². The molecule has 0 saturated heterocycles. The molecule has 0 spiro atoms. The normalized spacial score (nSPS) is 11.0. The maximum absolute atomic E-state index is 15.2. The molecule has 0 atom stereocenters. The van der Waals surface area contributed by atoms with Crippen LogP contribution in [0, 0.1) is 23.3 Å². The molecule has 0 aliphatic rings. The number of pyridine rings is 4. The van der Waals surface area contributed by atoms with E-state index in [4.69, 9.17) is 24.7 Å². The van der Waals surface area contributed by atoms with Gasteiger partial charge in [-0.05, 0) is 124 Å². The molecule has 16 rings (SSSR count). The number of nitrogens with zero attached hydrogens (tertiary/aromatic N) is 4. The highest BCUT2D eigenvalue weighted by Crippen LogP contribution is 2.42. The van der Waals surface area contributed by atoms with Crippen molar-refractivity contribution in [1.29, 1.82) is 0 Å². The fraction of sp³-hybridized carbons (Fsp3) is 0.214. The number of hydrogen-bond acceptors (Lipinski definition) is 18. The number of aromatic nitrogens is 4. The number of benzene rings is 12. The number of methoxy groups -OCH3 is 4. The van der Waals surface area contributed by atoms with E-state index >= 15 is 13.2 Å². The Morgan fingerprint density at radius 3 is 0.746 bits per heavy atom. The highest BCUT2D eigenvalue weighted by molar-refractivity contribution is 6.01. The number of ether oxygens (including phenoxy) is 4. The van der Waals surface area contributed by atoms with Crippen LogP contribution >= 0.6 is 0 Å². The molecule has 0 bridgehead atoms. The number of aromatic carboxylic acids is 4. The molecule has 16 aromatic rings. The first-order chi connectivity index (χ1) is 68.8. The number of hydrogen-bond donors (Lipinski definition) is 10. The molecule has 0 saturated carbocycles. The third-order valence-electron chi connectivity index (χ3n) is 24.0. The molecule has 0 fully saturated rings. The van der Waals surface area contributed by atoms with Gasteiger partial charge >= 0.3 is 23.9 Å². The summed E-state index contributed by atoms with van der Waals surface area (Å²) in [6, 6.07) is 75.5. The van der Waals surface area contributed by atoms with E-state index in [1.165, 1.54) is 53.2 Å². The van der Waals surface area contributed by atoms with Crippen molar-refractivity contribution in [1.82, 2.24) is 23.6 Å². The fourth-order valence-corrected chi connectivity index (χ4v) is 16.9. The summed E-state index contributed by atoms with van der Waals surface area (Å²) >= 11 is 0. The lowest BCUT2D eigenvalue weighted by molar-refractivity contribution is 0.0684. The highest BCUT2D eigenvalue weighted by Gasteiger charge is 2.29. The number of fused-ring (bicyclic) bond motifs is 4. The van der Waals surface area contributed by atoms with Crippen molar-refractivity contribution >= 4 is 90.2 Å². The monoisotopic (exact) mass is 1930 g/mol. The minimum atomic E-state index is -1.38. The second-order valence-corrected chi connectivity index (χ2v) is 33.5. The van der Waals surface area contributed by atoms with Crippen molar-refractivity contribution < 1.29 is 76.1 Å². The molecule has 0 unspecified atom stereocenters. The fourth-order valence-electron chi connectivity index (χ4n) is 16.9. The van der Waals surface area contributed by atoms with E-state index in [0.717, 1.165) is 143 Å². The molecular weight excluding hydrogens is 1820 g/mol. The third kappa shape index (κ3) is 24.0. The van der Waals surface area contributed by atoms with Crippen LogP contribution in [0.3, 0.4) is 0 Å². The lowest BCUT2D eigenvalue weighted by atomic mass is 10.0. The van der Waals surface area contributed by atoms with Crippen LogP contribution in [-0.2, 0) is 26.2 Å². The van der Waals surface area contributed by atoms with Crippen LogP contribution in [0.5, 0.6) is 23.0 Å². The molecule has 0 aliphatic heterocycles. The number of anilines is 4. The van der Waals surface area contributed by atoms with E-state index in [2.05, 4.69) is 33.5 Å². The molecule has 11 N–H and O–H groups in total. The van der Waals surface area contributed by atoms with Gasteiger partial charge in [-0.1, -0.05) is 258 Å². The van der Waals surface area contributed by atoms with Gasteiger partial charge in [0.1, 0.15) is 45.0 Å². The molecule has 732 valence electrons. The zero-order valence-electron chi connectivity index (χ0n) is 79.5. The summed E-state index contributed by atoms with van der Waals surface area (Å²) in [6.07, 6.45) is 11.8. The first-order valence-electron chi connectivity index (χ1n) is 46.3. The Hall–Kier alpha value is -16.6. The zero-order chi connectivity index (χ0) is 101. The molecule has 142 heavy (non-hydrogen) atoms. The van der Waals surface area contributed by atoms with Crippen molar-refractivity contribution in [2.24, 2.45) is 5.73 Å². The lowest BCUT2D eigenvalue weighted by Gasteiger charge is -2.19. The summed E-state index contributed by atoms with van der Waals surface area (Å²) in [6.45, 7) is 8.06. The number of carboxylic acid groups (broad SMARTS) is 4. The molecule has 0 aliphatic carbocycles. The third-order valence-corrected chi connectivity index (χ3v) is 24.0. The molecule has 30 heteroatoms. The SMILES string of the molecule is CCCCCCNc1c(F)cc2c(=O)c(C(=O)O)cn(Cc3ccc(-c4ccccc4)cc3)c2c1OC.CCCCNc1c(F)cc2c(=O)c(C(=O)O)cn(Cc3ccc(-c4ccccc4)cc3)c2c1OC.CNCCCNc1c(F)cc2c(=O)c(C(=O)O)cn(Cc3ccc(-c4ccccc4)cc3)c2c1OC.COc1c(NCCN)c(F)cc2c(=O)c(C(=O)O)cn(Cc3ccc(-c4ccccc4)cc3)c12. The summed E-state index contributed by atoms with van der Waals surface area (Å²) in [7, 11) is 7.44. The predicted octanol–water partition coefficient (Wildman–Crippen LogP) is 20.8. The van der Waals surface area contributed by atoms with Gasteiger partial charge in [0, 0.05) is 83.7 Å². The molecule has 12 aromatic carbocycles. The summed E-state index contributed by atoms with van der Waals surface area (Å²) in [5.74, 6) is -7.59. The average molecular weight is 1930 g/mol. The van der Waals surface area contributed by atoms with E-state index in [9.17, 15) is 63.2 Å². The number of nitrogens with two attached hydrogens (primary N) is 1. The number of nitrogens with one attached hydrogen (secondary N) is 5. The van der Waals surface area contributed by atoms with Gasteiger partial charge in [-0.15, -0.1) is 0 Å². The quantitative estimate of drug-likeness (QED) is 0.0127. The minimum absolute atomic E-state index is 0.0355. The maximum Gasteiger partial charge on any atom is 0.341 e. The topological polar surface area (TPSA) is 360 Å². The van der Waals surface area contributed by atoms with Crippen molar-refractivity contribution in [3.63, 3.8) is 0 Å². The number of carbonyl (C=O) groups is 4. The number of halogens is 4. The Morgan fingerprint density at radius 1 is 0.303 bits per heavy atom. The summed E-state index contributed by atoms with van der Waals surface area (Å²) in [4.78, 5) is 99.0. The van der Waals surface area contributed by atoms with Gasteiger partial charge in [-0.2, -0.15) is 0 Å². The van der Waals surface area contributed by atoms with Gasteiger partial charge in [0.15, 0.2) is 46.3 Å². The molecule has 0 amide bonds. The Bertz CT molecular complexity index is 7470. The molecule has 0 radical (unpaired) electrons. The van der Waals surface area contributed by atoms with Crippen molar-refractivity contribution in [3.05, 3.63) is 376 Å². The van der Waals surface area contributed by atoms with Gasteiger partial charge in [-0.25, -0.2) is 36.7 Å². The second-order valence-electron chi connectivity index (χ2n) is 33.5. The van der Waals surface area contributed by atoms with Gasteiger partial charge in [0.2, 0.25) is 21.7 Å². The smallest absolute Gasteiger partial charge is 0.341 e. The first-order valence-corrected chi connectivity index (χ1v) is 46.3. The van der Waals surface area contributed by atoms with E-state index in [1.807, 2.05) is 232 Å². The van der Waals surface area contributed by atoms with E-state index < -0.39 is 91.1 Å². The highest BCUT2D eigenvalue weighted by atomic mass is 19.1. The number of carboxylic acids is 4. The summed E-state index contributed by atoms with van der Waals surface area (Å²) < 4.78 is 89.0. The number of rotatable bonds is 38. The molecule has 4 aromatic heterocycles. The Kier molecular flexibility index (Phi) is 35.2.